The zero-order chi connectivity index (χ0) is 24.5. The van der Waals surface area contributed by atoms with Crippen LogP contribution in [0.4, 0.5) is 14.6 Å². The molecular formula is C14H25F2N4O10P2+. The van der Waals surface area contributed by atoms with Crippen LogP contribution in [0.3, 0.4) is 0 Å². The number of ether oxygens (including phenoxy) is 1. The van der Waals surface area contributed by atoms with Gasteiger partial charge in [-0.15, -0.1) is 0 Å². The van der Waals surface area contributed by atoms with Gasteiger partial charge in [-0.05, 0) is 6.07 Å². The van der Waals surface area contributed by atoms with E-state index in [1.807, 2.05) is 0 Å². The minimum atomic E-state index is -5.30. The molecule has 2 heterocycles. The van der Waals surface area contributed by atoms with Crippen molar-refractivity contribution in [3.05, 3.63) is 22.7 Å². The van der Waals surface area contributed by atoms with Crippen molar-refractivity contribution < 1.29 is 55.4 Å². The predicted octanol–water partition coefficient (Wildman–Crippen LogP) is -0.324. The number of phosphoric ester groups is 2. The van der Waals surface area contributed by atoms with Gasteiger partial charge < -0.3 is 29.8 Å². The maximum Gasteiger partial charge on any atom is 0.481 e. The first-order chi connectivity index (χ1) is 14.4. The number of nitrogens with two attached hydrogens (primary N) is 1. The number of likely N-dealkylation sites (N-methyl/N-ethyl adjacent to an activating group) is 1. The number of aliphatic hydroxyl groups excluding tert-OH is 1. The fourth-order valence-electron chi connectivity index (χ4n) is 2.49. The molecule has 1 aromatic heterocycles. The average Bonchev–Trinajstić information content (AvgIpc) is 2.81. The molecule has 18 heteroatoms. The Hall–Kier alpha value is -1.32. The third kappa shape index (κ3) is 7.09. The van der Waals surface area contributed by atoms with Gasteiger partial charge in [0.05, 0.1) is 27.7 Å². The Morgan fingerprint density at radius 1 is 1.28 bits per heavy atom. The molecule has 1 aliphatic heterocycles. The molecule has 3 unspecified atom stereocenters. The monoisotopic (exact) mass is 509 g/mol. The smallest absolute Gasteiger partial charge is 0.384 e. The highest BCUT2D eigenvalue weighted by Crippen LogP contribution is 2.60. The number of hydrogen-bond donors (Lipinski definition) is 4. The third-order valence-electron chi connectivity index (χ3n) is 4.11. The molecule has 0 radical (unpaired) electrons. The number of aromatic nitrogens is 2. The van der Waals surface area contributed by atoms with E-state index in [1.165, 1.54) is 0 Å². The number of phosphoric acid groups is 2. The van der Waals surface area contributed by atoms with Crippen LogP contribution in [0.5, 0.6) is 0 Å². The van der Waals surface area contributed by atoms with Crippen molar-refractivity contribution >= 4 is 21.5 Å². The lowest BCUT2D eigenvalue weighted by Gasteiger charge is -2.24. The summed E-state index contributed by atoms with van der Waals surface area (Å²) in [5, 5.41) is 9.86. The molecule has 0 aromatic carbocycles. The van der Waals surface area contributed by atoms with E-state index in [0.29, 0.717) is 9.05 Å². The summed E-state index contributed by atoms with van der Waals surface area (Å²) < 4.78 is 71.4. The van der Waals surface area contributed by atoms with Crippen molar-refractivity contribution in [1.29, 1.82) is 0 Å². The van der Waals surface area contributed by atoms with Gasteiger partial charge in [-0.1, -0.05) is 0 Å². The molecule has 14 nitrogen and oxygen atoms in total. The summed E-state index contributed by atoms with van der Waals surface area (Å²) in [4.78, 5) is 34.3. The molecular weight excluding hydrogens is 484 g/mol. The first kappa shape index (κ1) is 26.9. The van der Waals surface area contributed by atoms with Gasteiger partial charge in [-0.25, -0.2) is 13.9 Å². The normalized spacial score (nSPS) is 27.1. The molecule has 0 spiro atoms. The van der Waals surface area contributed by atoms with E-state index in [-0.39, 0.29) is 19.0 Å². The van der Waals surface area contributed by atoms with Crippen LogP contribution in [0.2, 0.25) is 0 Å². The Morgan fingerprint density at radius 3 is 2.44 bits per heavy atom. The van der Waals surface area contributed by atoms with Crippen LogP contribution in [-0.2, 0) is 27.2 Å². The molecule has 5 atom stereocenters. The lowest BCUT2D eigenvalue weighted by atomic mass is 10.1. The Labute approximate surface area is 180 Å². The molecule has 184 valence electrons. The highest BCUT2D eigenvalue weighted by molar-refractivity contribution is 7.61. The third-order valence-corrected chi connectivity index (χ3v) is 6.74. The summed E-state index contributed by atoms with van der Waals surface area (Å²) in [5.41, 5.74) is 4.11. The van der Waals surface area contributed by atoms with Crippen LogP contribution in [-0.4, -0.2) is 88.0 Å². The molecule has 1 aliphatic rings. The van der Waals surface area contributed by atoms with Crippen LogP contribution in [0.15, 0.2) is 17.1 Å². The minimum absolute atomic E-state index is 0.233. The fraction of sp³-hybridized carbons (Fsp3) is 0.714. The minimum Gasteiger partial charge on any atom is -0.384 e. The largest absolute Gasteiger partial charge is 0.481 e. The average molecular weight is 509 g/mol. The predicted molar refractivity (Wildman–Crippen MR) is 103 cm³/mol. The number of anilines is 1. The first-order valence-corrected chi connectivity index (χ1v) is 12.0. The van der Waals surface area contributed by atoms with Crippen molar-refractivity contribution in [3.8, 4) is 0 Å². The molecule has 1 saturated heterocycles. The number of nitrogens with zero attached hydrogens (tertiary/aromatic N) is 3. The second kappa shape index (κ2) is 9.50. The molecule has 0 bridgehead atoms. The number of alkyl halides is 2. The van der Waals surface area contributed by atoms with E-state index in [1.54, 1.807) is 21.1 Å². The van der Waals surface area contributed by atoms with Gasteiger partial charge in [0.1, 0.15) is 25.1 Å². The van der Waals surface area contributed by atoms with Gasteiger partial charge in [0.25, 0.3) is 0 Å². The summed E-state index contributed by atoms with van der Waals surface area (Å²) >= 11 is 0. The van der Waals surface area contributed by atoms with Crippen LogP contribution >= 0.6 is 15.6 Å². The molecule has 1 fully saturated rings. The zero-order valence-corrected chi connectivity index (χ0v) is 19.1. The van der Waals surface area contributed by atoms with E-state index in [9.17, 15) is 37.6 Å². The summed E-state index contributed by atoms with van der Waals surface area (Å²) in [5.74, 6) is -4.26. The molecule has 2 rings (SSSR count). The van der Waals surface area contributed by atoms with E-state index >= 15 is 0 Å². The number of hydrogen-bond acceptors (Lipinski definition) is 10. The summed E-state index contributed by atoms with van der Waals surface area (Å²) in [6.45, 7) is -1.21. The van der Waals surface area contributed by atoms with E-state index < -0.39 is 52.3 Å². The van der Waals surface area contributed by atoms with Crippen molar-refractivity contribution in [2.75, 3.05) is 46.6 Å². The number of quaternary nitrogens is 1. The summed E-state index contributed by atoms with van der Waals surface area (Å²) in [7, 11) is -5.06. The highest BCUT2D eigenvalue weighted by Gasteiger charge is 2.60. The highest BCUT2D eigenvalue weighted by atomic mass is 31.3. The maximum absolute atomic E-state index is 14.4. The first-order valence-electron chi connectivity index (χ1n) is 8.96. The molecule has 0 saturated carbocycles. The Bertz CT molecular complexity index is 972. The second-order valence-electron chi connectivity index (χ2n) is 7.85. The lowest BCUT2D eigenvalue weighted by molar-refractivity contribution is -0.870. The molecule has 0 amide bonds. The quantitative estimate of drug-likeness (QED) is 0.238. The van der Waals surface area contributed by atoms with Crippen molar-refractivity contribution in [2.45, 2.75) is 24.4 Å². The van der Waals surface area contributed by atoms with Crippen molar-refractivity contribution in [2.24, 2.45) is 0 Å². The Kier molecular flexibility index (Phi) is 8.00. The Morgan fingerprint density at radius 2 is 1.88 bits per heavy atom. The SMILES string of the molecule is C[N+](C)(C)CCOP(=O)(O)OP(=O)(O)OC[C@@H]1O[C@@H](n2ccc(N)nc2=O)C(F)(F)C1O. The molecule has 5 N–H and O–H groups in total. The van der Waals surface area contributed by atoms with Gasteiger partial charge in [0.15, 0.2) is 6.10 Å². The number of aliphatic hydroxyl groups is 1. The van der Waals surface area contributed by atoms with Gasteiger partial charge in [0, 0.05) is 6.20 Å². The van der Waals surface area contributed by atoms with Gasteiger partial charge in [-0.3, -0.25) is 13.6 Å². The maximum atomic E-state index is 14.4. The summed E-state index contributed by atoms with van der Waals surface area (Å²) in [6.07, 6.45) is -5.94. The zero-order valence-electron chi connectivity index (χ0n) is 17.3. The van der Waals surface area contributed by atoms with Crippen molar-refractivity contribution in [1.82, 2.24) is 9.55 Å². The fourth-order valence-corrected chi connectivity index (χ4v) is 4.55. The van der Waals surface area contributed by atoms with Gasteiger partial charge in [-0.2, -0.15) is 18.1 Å². The topological polar surface area (TPSA) is 193 Å². The number of halogens is 2. The van der Waals surface area contributed by atoms with E-state index in [0.717, 1.165) is 12.3 Å². The molecule has 1 aromatic rings. The van der Waals surface area contributed by atoms with Crippen LogP contribution < -0.4 is 11.4 Å². The van der Waals surface area contributed by atoms with Gasteiger partial charge in [0.2, 0.25) is 6.23 Å². The van der Waals surface area contributed by atoms with Crippen LogP contribution in [0, 0.1) is 0 Å². The van der Waals surface area contributed by atoms with E-state index in [2.05, 4.69) is 18.3 Å². The number of nitrogen functional groups attached to an aromatic ring is 1. The van der Waals surface area contributed by atoms with Gasteiger partial charge >= 0.3 is 27.3 Å². The summed E-state index contributed by atoms with van der Waals surface area (Å²) in [6, 6.07) is 1.05. The molecule has 0 aliphatic carbocycles. The molecule has 32 heavy (non-hydrogen) atoms. The van der Waals surface area contributed by atoms with E-state index in [4.69, 9.17) is 10.5 Å². The van der Waals surface area contributed by atoms with Crippen LogP contribution in [0.1, 0.15) is 6.23 Å². The number of rotatable bonds is 10. The van der Waals surface area contributed by atoms with Crippen LogP contribution in [0.25, 0.3) is 0 Å². The second-order valence-corrected chi connectivity index (χ2v) is 10.9. The Balaban J connectivity index is 2.02. The standard InChI is InChI=1S/C14H24F2N4O10P2/c1-20(2,3)6-7-27-31(23,24)30-32(25,26)28-8-9-11(21)14(15,16)12(29-9)19-5-4-10(17)18-13(19)22/h4-5,9,11-12,21H,6-8H2,1-3H3,(H3-,17,18,22,23,24,25,26)/p+1/t9-,11?,12+/m0/s1. The lowest BCUT2D eigenvalue weighted by Crippen LogP contribution is -2.41. The van der Waals surface area contributed by atoms with Crippen molar-refractivity contribution in [3.63, 3.8) is 0 Å².